The van der Waals surface area contributed by atoms with E-state index in [1.54, 1.807) is 24.3 Å². The van der Waals surface area contributed by atoms with Crippen LogP contribution in [0.5, 0.6) is 0 Å². The number of nitrogens with zero attached hydrogens (tertiary/aromatic N) is 2. The van der Waals surface area contributed by atoms with Crippen LogP contribution < -0.4 is 16.0 Å². The Morgan fingerprint density at radius 3 is 2.69 bits per heavy atom. The van der Waals surface area contributed by atoms with E-state index in [1.165, 1.54) is 0 Å². The summed E-state index contributed by atoms with van der Waals surface area (Å²) in [6, 6.07) is 14.3. The van der Waals surface area contributed by atoms with Crippen LogP contribution in [-0.4, -0.2) is 39.9 Å². The molecule has 8 heteroatoms. The molecule has 0 saturated heterocycles. The van der Waals surface area contributed by atoms with E-state index in [2.05, 4.69) is 40.4 Å². The van der Waals surface area contributed by atoms with Gasteiger partial charge >= 0.3 is 0 Å². The van der Waals surface area contributed by atoms with Gasteiger partial charge in [-0.15, -0.1) is 0 Å². The molecule has 0 spiro atoms. The van der Waals surface area contributed by atoms with E-state index in [0.717, 1.165) is 16.9 Å². The highest BCUT2D eigenvalue weighted by atomic mass is 16.2. The molecule has 2 heterocycles. The lowest BCUT2D eigenvalue weighted by molar-refractivity contribution is -0.121. The number of hydrogen-bond donors (Lipinski definition) is 3. The number of amides is 3. The Bertz CT molecular complexity index is 1170. The SMILES string of the molecule is CC(C)n1c(CCNC(=O)CC[C@@H]2NC(=O)c3ccccc3NC2=O)nc2ccccc21. The Balaban J connectivity index is 1.31. The van der Waals surface area contributed by atoms with Crippen LogP contribution in [0.2, 0.25) is 0 Å². The molecule has 166 valence electrons. The maximum absolute atomic E-state index is 12.5. The fourth-order valence-electron chi connectivity index (χ4n) is 4.04. The van der Waals surface area contributed by atoms with Gasteiger partial charge in [-0.1, -0.05) is 24.3 Å². The van der Waals surface area contributed by atoms with Gasteiger partial charge in [0.1, 0.15) is 11.9 Å². The van der Waals surface area contributed by atoms with Crippen LogP contribution in [0.4, 0.5) is 5.69 Å². The highest BCUT2D eigenvalue weighted by molar-refractivity contribution is 6.09. The van der Waals surface area contributed by atoms with E-state index in [1.807, 2.05) is 18.2 Å². The molecule has 3 N–H and O–H groups in total. The normalized spacial score (nSPS) is 15.8. The van der Waals surface area contributed by atoms with Crippen LogP contribution >= 0.6 is 0 Å². The molecule has 0 bridgehead atoms. The molecule has 1 aliphatic rings. The molecule has 8 nitrogen and oxygen atoms in total. The van der Waals surface area contributed by atoms with Crippen LogP contribution in [0, 0.1) is 0 Å². The first-order valence-electron chi connectivity index (χ1n) is 10.9. The monoisotopic (exact) mass is 433 g/mol. The number of nitrogens with one attached hydrogen (secondary N) is 3. The van der Waals surface area contributed by atoms with E-state index in [9.17, 15) is 14.4 Å². The largest absolute Gasteiger partial charge is 0.356 e. The van der Waals surface area contributed by atoms with Gasteiger partial charge in [-0.2, -0.15) is 0 Å². The average molecular weight is 434 g/mol. The Morgan fingerprint density at radius 2 is 1.88 bits per heavy atom. The molecule has 0 fully saturated rings. The quantitative estimate of drug-likeness (QED) is 0.533. The molecule has 0 unspecified atom stereocenters. The molecular weight excluding hydrogens is 406 g/mol. The van der Waals surface area contributed by atoms with Gasteiger partial charge in [0.15, 0.2) is 0 Å². The standard InChI is InChI=1S/C24H27N5O3/c1-15(2)29-20-10-6-5-9-18(20)26-21(29)13-14-25-22(30)12-11-19-24(32)27-17-8-4-3-7-16(17)23(31)28-19/h3-10,15,19H,11-14H2,1-2H3,(H,25,30)(H,27,32)(H,28,31)/t19-/m0/s1. The van der Waals surface area contributed by atoms with E-state index in [4.69, 9.17) is 4.98 Å². The van der Waals surface area contributed by atoms with Crippen molar-refractivity contribution in [2.75, 3.05) is 11.9 Å². The van der Waals surface area contributed by atoms with Gasteiger partial charge in [0.2, 0.25) is 11.8 Å². The number of carbonyl (C=O) groups is 3. The summed E-state index contributed by atoms with van der Waals surface area (Å²) in [7, 11) is 0. The summed E-state index contributed by atoms with van der Waals surface area (Å²) in [5, 5.41) is 8.37. The van der Waals surface area contributed by atoms with Crippen molar-refractivity contribution in [3.05, 3.63) is 59.9 Å². The van der Waals surface area contributed by atoms with Gasteiger partial charge in [-0.25, -0.2) is 4.98 Å². The zero-order valence-corrected chi connectivity index (χ0v) is 18.2. The first-order chi connectivity index (χ1) is 15.4. The van der Waals surface area contributed by atoms with Crippen LogP contribution in [-0.2, 0) is 16.0 Å². The molecule has 1 aromatic heterocycles. The number of aromatic nitrogens is 2. The number of hydrogen-bond acceptors (Lipinski definition) is 4. The summed E-state index contributed by atoms with van der Waals surface area (Å²) in [5.74, 6) is 0.120. The van der Waals surface area contributed by atoms with E-state index >= 15 is 0 Å². The summed E-state index contributed by atoms with van der Waals surface area (Å²) < 4.78 is 2.19. The highest BCUT2D eigenvalue weighted by Crippen LogP contribution is 2.21. The zero-order valence-electron chi connectivity index (χ0n) is 18.2. The second-order valence-corrected chi connectivity index (χ2v) is 8.18. The summed E-state index contributed by atoms with van der Waals surface area (Å²) in [4.78, 5) is 41.9. The minimum absolute atomic E-state index is 0.134. The molecule has 4 rings (SSSR count). The predicted octanol–water partition coefficient (Wildman–Crippen LogP) is 2.81. The number of fused-ring (bicyclic) bond motifs is 2. The number of carbonyl (C=O) groups excluding carboxylic acids is 3. The molecule has 1 atom stereocenters. The lowest BCUT2D eigenvalue weighted by atomic mass is 10.1. The van der Waals surface area contributed by atoms with Crippen LogP contribution in [0.25, 0.3) is 11.0 Å². The number of para-hydroxylation sites is 3. The molecule has 3 aromatic rings. The number of rotatable bonds is 7. The molecule has 0 radical (unpaired) electrons. The predicted molar refractivity (Wildman–Crippen MR) is 122 cm³/mol. The third kappa shape index (κ3) is 4.49. The molecule has 2 aromatic carbocycles. The third-order valence-electron chi connectivity index (χ3n) is 5.57. The van der Waals surface area contributed by atoms with Crippen molar-refractivity contribution in [1.29, 1.82) is 0 Å². The summed E-state index contributed by atoms with van der Waals surface area (Å²) in [6.45, 7) is 4.67. The third-order valence-corrected chi connectivity index (χ3v) is 5.57. The van der Waals surface area contributed by atoms with Gasteiger partial charge in [-0.3, -0.25) is 14.4 Å². The maximum Gasteiger partial charge on any atom is 0.254 e. The lowest BCUT2D eigenvalue weighted by Gasteiger charge is -2.15. The first kappa shape index (κ1) is 21.5. The van der Waals surface area contributed by atoms with Gasteiger partial charge in [0, 0.05) is 25.4 Å². The topological polar surface area (TPSA) is 105 Å². The fourth-order valence-corrected chi connectivity index (χ4v) is 4.04. The lowest BCUT2D eigenvalue weighted by Crippen LogP contribution is -2.42. The Hall–Kier alpha value is -3.68. The summed E-state index contributed by atoms with van der Waals surface area (Å²) in [6.07, 6.45) is 0.964. The van der Waals surface area contributed by atoms with Crippen LogP contribution in [0.3, 0.4) is 0 Å². The van der Waals surface area contributed by atoms with Crippen molar-refractivity contribution < 1.29 is 14.4 Å². The van der Waals surface area contributed by atoms with Crippen molar-refractivity contribution in [3.8, 4) is 0 Å². The Kier molecular flexibility index (Phi) is 6.20. The molecular formula is C24H27N5O3. The number of benzene rings is 2. The van der Waals surface area contributed by atoms with Crippen molar-refractivity contribution >= 4 is 34.4 Å². The molecule has 32 heavy (non-hydrogen) atoms. The number of anilines is 1. The number of imidazole rings is 1. The van der Waals surface area contributed by atoms with Crippen molar-refractivity contribution in [3.63, 3.8) is 0 Å². The molecule has 0 saturated carbocycles. The zero-order chi connectivity index (χ0) is 22.7. The van der Waals surface area contributed by atoms with Crippen molar-refractivity contribution in [2.24, 2.45) is 0 Å². The van der Waals surface area contributed by atoms with Crippen LogP contribution in [0.1, 0.15) is 48.9 Å². The fraction of sp³-hybridized carbons (Fsp3) is 0.333. The smallest absolute Gasteiger partial charge is 0.254 e. The maximum atomic E-state index is 12.5. The molecule has 1 aliphatic heterocycles. The average Bonchev–Trinajstić information content (AvgIpc) is 3.09. The first-order valence-corrected chi connectivity index (χ1v) is 10.9. The Labute approximate surface area is 186 Å². The van der Waals surface area contributed by atoms with E-state index in [0.29, 0.717) is 24.2 Å². The minimum atomic E-state index is -0.759. The second kappa shape index (κ2) is 9.21. The van der Waals surface area contributed by atoms with E-state index < -0.39 is 6.04 Å². The Morgan fingerprint density at radius 1 is 1.12 bits per heavy atom. The summed E-state index contributed by atoms with van der Waals surface area (Å²) in [5.41, 5.74) is 2.93. The summed E-state index contributed by atoms with van der Waals surface area (Å²) >= 11 is 0. The highest BCUT2D eigenvalue weighted by Gasteiger charge is 2.27. The van der Waals surface area contributed by atoms with E-state index in [-0.39, 0.29) is 36.6 Å². The molecule has 3 amide bonds. The van der Waals surface area contributed by atoms with Gasteiger partial charge in [0.25, 0.3) is 5.91 Å². The van der Waals surface area contributed by atoms with Crippen molar-refractivity contribution in [2.45, 2.75) is 45.2 Å². The second-order valence-electron chi connectivity index (χ2n) is 8.18. The molecule has 0 aliphatic carbocycles. The minimum Gasteiger partial charge on any atom is -0.356 e. The van der Waals surface area contributed by atoms with Gasteiger partial charge < -0.3 is 20.5 Å². The van der Waals surface area contributed by atoms with Gasteiger partial charge in [-0.05, 0) is 44.5 Å². The van der Waals surface area contributed by atoms with Gasteiger partial charge in [0.05, 0.1) is 22.3 Å². The van der Waals surface area contributed by atoms with Crippen molar-refractivity contribution in [1.82, 2.24) is 20.2 Å². The van der Waals surface area contributed by atoms with Crippen LogP contribution in [0.15, 0.2) is 48.5 Å².